The quantitative estimate of drug-likeness (QED) is 0.872. The van der Waals surface area contributed by atoms with Gasteiger partial charge < -0.3 is 5.11 Å². The molecule has 0 saturated carbocycles. The molecule has 1 aromatic rings. The van der Waals surface area contributed by atoms with Crippen LogP contribution in [-0.4, -0.2) is 29.8 Å². The van der Waals surface area contributed by atoms with Crippen molar-refractivity contribution >= 4 is 16.0 Å². The van der Waals surface area contributed by atoms with Crippen molar-refractivity contribution in [1.82, 2.24) is 4.31 Å². The molecular formula is C18H18FNO4S. The van der Waals surface area contributed by atoms with Gasteiger partial charge >= 0.3 is 5.97 Å². The summed E-state index contributed by atoms with van der Waals surface area (Å²) < 4.78 is 40.9. The highest BCUT2D eigenvalue weighted by molar-refractivity contribution is 7.88. The molecule has 1 aromatic carbocycles. The second-order valence-corrected chi connectivity index (χ2v) is 7.96. The number of hydrogen-bond acceptors (Lipinski definition) is 3. The summed E-state index contributed by atoms with van der Waals surface area (Å²) in [5.74, 6) is -1.74. The fourth-order valence-corrected chi connectivity index (χ4v) is 5.25. The number of halogens is 1. The number of carbonyl (C=O) groups is 1. The number of aliphatic carboxylic acids is 1. The zero-order valence-corrected chi connectivity index (χ0v) is 14.5. The smallest absolute Gasteiger partial charge is 0.307 e. The maximum Gasteiger partial charge on any atom is 0.307 e. The van der Waals surface area contributed by atoms with Gasteiger partial charge in [0.1, 0.15) is 5.83 Å². The fourth-order valence-electron chi connectivity index (χ4n) is 3.38. The van der Waals surface area contributed by atoms with E-state index in [0.717, 1.165) is 0 Å². The summed E-state index contributed by atoms with van der Waals surface area (Å²) in [7, 11) is -3.73. The molecule has 0 fully saturated rings. The van der Waals surface area contributed by atoms with Crippen LogP contribution in [0.25, 0.3) is 0 Å². The molecule has 1 heterocycles. The highest BCUT2D eigenvalue weighted by Gasteiger charge is 2.42. The molecule has 0 radical (unpaired) electrons. The lowest BCUT2D eigenvalue weighted by molar-refractivity contribution is -0.136. The minimum Gasteiger partial charge on any atom is -0.481 e. The normalized spacial score (nSPS) is 20.2. The second kappa shape index (κ2) is 6.48. The van der Waals surface area contributed by atoms with E-state index in [9.17, 15) is 17.6 Å². The third-order valence-corrected chi connectivity index (χ3v) is 6.23. The molecule has 25 heavy (non-hydrogen) atoms. The Kier molecular flexibility index (Phi) is 4.51. The third kappa shape index (κ3) is 3.37. The first-order chi connectivity index (χ1) is 11.8. The third-order valence-electron chi connectivity index (χ3n) is 4.41. The van der Waals surface area contributed by atoms with E-state index in [-0.39, 0.29) is 18.6 Å². The number of sulfonamides is 1. The lowest BCUT2D eigenvalue weighted by Crippen LogP contribution is -2.37. The molecule has 1 aliphatic carbocycles. The molecule has 1 atom stereocenters. The van der Waals surface area contributed by atoms with E-state index in [1.807, 2.05) is 0 Å². The predicted octanol–water partition coefficient (Wildman–Crippen LogP) is 3.13. The van der Waals surface area contributed by atoms with E-state index >= 15 is 0 Å². The Bertz CT molecular complexity index is 900. The van der Waals surface area contributed by atoms with Crippen LogP contribution in [0, 0.1) is 0 Å². The molecule has 1 N–H and O–H groups in total. The predicted molar refractivity (Wildman–Crippen MR) is 91.5 cm³/mol. The molecule has 7 heteroatoms. The summed E-state index contributed by atoms with van der Waals surface area (Å²) in [5.41, 5.74) is 1.82. The topological polar surface area (TPSA) is 74.7 Å². The van der Waals surface area contributed by atoms with E-state index in [0.29, 0.717) is 22.4 Å². The molecule has 0 saturated heterocycles. The van der Waals surface area contributed by atoms with Gasteiger partial charge in [-0.25, -0.2) is 12.8 Å². The Balaban J connectivity index is 2.02. The molecule has 0 aromatic heterocycles. The summed E-state index contributed by atoms with van der Waals surface area (Å²) in [4.78, 5) is 11.2. The second-order valence-electron chi connectivity index (χ2n) is 6.11. The summed E-state index contributed by atoms with van der Waals surface area (Å²) in [5, 5.41) is 9.13. The van der Waals surface area contributed by atoms with Gasteiger partial charge in [0, 0.05) is 5.70 Å². The Morgan fingerprint density at radius 1 is 1.32 bits per heavy atom. The molecule has 0 spiro atoms. The van der Waals surface area contributed by atoms with Gasteiger partial charge in [-0.3, -0.25) is 9.10 Å². The highest BCUT2D eigenvalue weighted by Crippen LogP contribution is 2.42. The summed E-state index contributed by atoms with van der Waals surface area (Å²) in [6.07, 6.45) is 2.43. The van der Waals surface area contributed by atoms with E-state index in [1.165, 1.54) is 16.5 Å². The molecule has 0 amide bonds. The van der Waals surface area contributed by atoms with Crippen molar-refractivity contribution in [1.29, 1.82) is 0 Å². The van der Waals surface area contributed by atoms with Crippen molar-refractivity contribution < 1.29 is 22.7 Å². The molecule has 5 nitrogen and oxygen atoms in total. The van der Waals surface area contributed by atoms with Crippen LogP contribution in [0.4, 0.5) is 4.39 Å². The average Bonchev–Trinajstić information content (AvgIpc) is 2.80. The molecule has 0 bridgehead atoms. The first-order valence-electron chi connectivity index (χ1n) is 7.85. The zero-order valence-electron chi connectivity index (χ0n) is 13.6. The van der Waals surface area contributed by atoms with Crippen molar-refractivity contribution in [3.8, 4) is 0 Å². The van der Waals surface area contributed by atoms with E-state index in [1.54, 1.807) is 37.3 Å². The number of nitrogens with zero attached hydrogens (tertiary/aromatic N) is 1. The monoisotopic (exact) mass is 363 g/mol. The summed E-state index contributed by atoms with van der Waals surface area (Å²) in [6, 6.07) is 8.19. The SMILES string of the molecule is CC1=C(CC(=O)O)C2=CC(F)=CCC2N1S(=O)(=O)Cc1ccccc1. The van der Waals surface area contributed by atoms with Gasteiger partial charge in [-0.1, -0.05) is 30.3 Å². The average molecular weight is 363 g/mol. The standard InChI is InChI=1S/C18H18FNO4S/c1-12-15(10-18(21)22)16-9-14(19)7-8-17(16)20(12)25(23,24)11-13-5-3-2-4-6-13/h2-7,9,17H,8,10-11H2,1H3,(H,21,22). The van der Waals surface area contributed by atoms with Gasteiger partial charge in [-0.2, -0.15) is 0 Å². The number of hydrogen-bond donors (Lipinski definition) is 1. The highest BCUT2D eigenvalue weighted by atomic mass is 32.2. The molecule has 132 valence electrons. The van der Waals surface area contributed by atoms with E-state index < -0.39 is 27.9 Å². The molecule has 1 unspecified atom stereocenters. The Morgan fingerprint density at radius 3 is 2.64 bits per heavy atom. The Labute approximate surface area is 145 Å². The molecule has 2 aliphatic rings. The summed E-state index contributed by atoms with van der Waals surface area (Å²) in [6.45, 7) is 1.58. The van der Waals surface area contributed by atoms with Gasteiger partial charge in [-0.15, -0.1) is 0 Å². The number of rotatable bonds is 5. The Hall–Kier alpha value is -2.41. The number of carboxylic acid groups (broad SMARTS) is 1. The van der Waals surface area contributed by atoms with Crippen LogP contribution in [0.15, 0.2) is 65.2 Å². The van der Waals surface area contributed by atoms with Crippen LogP contribution in [0.2, 0.25) is 0 Å². The first kappa shape index (κ1) is 17.4. The van der Waals surface area contributed by atoms with Gasteiger partial charge in [0.05, 0.1) is 18.2 Å². The molecule has 3 rings (SSSR count). The van der Waals surface area contributed by atoms with Crippen molar-refractivity contribution in [3.63, 3.8) is 0 Å². The number of benzene rings is 1. The van der Waals surface area contributed by atoms with Gasteiger partial charge in [0.2, 0.25) is 10.0 Å². The van der Waals surface area contributed by atoms with E-state index in [2.05, 4.69) is 0 Å². The van der Waals surface area contributed by atoms with Crippen molar-refractivity contribution in [2.24, 2.45) is 0 Å². The maximum atomic E-state index is 13.7. The number of fused-ring (bicyclic) bond motifs is 1. The summed E-state index contributed by atoms with van der Waals surface area (Å²) >= 11 is 0. The van der Waals surface area contributed by atoms with Crippen LogP contribution in [0.1, 0.15) is 25.3 Å². The largest absolute Gasteiger partial charge is 0.481 e. The van der Waals surface area contributed by atoms with Crippen LogP contribution in [0.5, 0.6) is 0 Å². The number of allylic oxidation sites excluding steroid dienone is 3. The Morgan fingerprint density at radius 2 is 2.00 bits per heavy atom. The van der Waals surface area contributed by atoms with Crippen LogP contribution in [0.3, 0.4) is 0 Å². The van der Waals surface area contributed by atoms with Crippen molar-refractivity contribution in [3.05, 3.63) is 70.7 Å². The molecular weight excluding hydrogens is 345 g/mol. The first-order valence-corrected chi connectivity index (χ1v) is 9.45. The van der Waals surface area contributed by atoms with Crippen LogP contribution >= 0.6 is 0 Å². The van der Waals surface area contributed by atoms with Crippen molar-refractivity contribution in [2.75, 3.05) is 0 Å². The number of carboxylic acids is 1. The van der Waals surface area contributed by atoms with Gasteiger partial charge in [-0.05, 0) is 42.2 Å². The molecule has 1 aliphatic heterocycles. The zero-order chi connectivity index (χ0) is 18.2. The van der Waals surface area contributed by atoms with Crippen molar-refractivity contribution in [2.45, 2.75) is 31.6 Å². The fraction of sp³-hybridized carbons (Fsp3) is 0.278. The lowest BCUT2D eigenvalue weighted by atomic mass is 9.93. The minimum atomic E-state index is -3.73. The maximum absolute atomic E-state index is 13.7. The van der Waals surface area contributed by atoms with Gasteiger partial charge in [0.15, 0.2) is 0 Å². The van der Waals surface area contributed by atoms with Crippen LogP contribution in [-0.2, 0) is 20.6 Å². The van der Waals surface area contributed by atoms with Crippen LogP contribution < -0.4 is 0 Å². The minimum absolute atomic E-state index is 0.187. The van der Waals surface area contributed by atoms with Gasteiger partial charge in [0.25, 0.3) is 0 Å². The van der Waals surface area contributed by atoms with E-state index in [4.69, 9.17) is 5.11 Å². The lowest BCUT2D eigenvalue weighted by Gasteiger charge is -2.29.